The van der Waals surface area contributed by atoms with Crippen LogP contribution in [0.1, 0.15) is 46.2 Å². The number of aryl methyl sites for hydroxylation is 2. The van der Waals surface area contributed by atoms with Gasteiger partial charge in [0, 0.05) is 35.0 Å². The highest BCUT2D eigenvalue weighted by molar-refractivity contribution is 6.04. The summed E-state index contributed by atoms with van der Waals surface area (Å²) in [5.41, 5.74) is 4.58. The van der Waals surface area contributed by atoms with Gasteiger partial charge in [-0.25, -0.2) is 13.8 Å². The molecule has 6 nitrogen and oxygen atoms in total. The topological polar surface area (TPSA) is 87.2 Å². The first-order valence-electron chi connectivity index (χ1n) is 11.9. The summed E-state index contributed by atoms with van der Waals surface area (Å²) >= 11 is 0. The third kappa shape index (κ3) is 4.91. The molecule has 1 heterocycles. The van der Waals surface area contributed by atoms with Crippen LogP contribution in [0.3, 0.4) is 0 Å². The number of hydrogen-bond donors (Lipinski definition) is 3. The maximum absolute atomic E-state index is 14.1. The molecule has 0 unspecified atom stereocenters. The standard InChI is InChI=1S/C29H29F2N3O3/c1-6-29(30,31)19-11-9-12-20(14-19)33-28(36)26-18(4)32-27(34-26)25-17(3)24(23(37-5)15-22(25)35)21-13-8-7-10-16(21)2/h7-15,35H,6H2,1-5H3,(H,32,34)(H,33,36). The van der Waals surface area contributed by atoms with Crippen LogP contribution in [-0.4, -0.2) is 28.1 Å². The van der Waals surface area contributed by atoms with Crippen molar-refractivity contribution >= 4 is 11.6 Å². The Morgan fingerprint density at radius 3 is 2.49 bits per heavy atom. The second-order valence-corrected chi connectivity index (χ2v) is 8.94. The molecule has 3 N–H and O–H groups in total. The van der Waals surface area contributed by atoms with Crippen molar-refractivity contribution in [2.24, 2.45) is 0 Å². The number of carbonyl (C=O) groups excluding carboxylic acids is 1. The highest BCUT2D eigenvalue weighted by Crippen LogP contribution is 2.44. The van der Waals surface area contributed by atoms with Crippen LogP contribution >= 0.6 is 0 Å². The maximum Gasteiger partial charge on any atom is 0.276 e. The number of halogens is 2. The zero-order chi connectivity index (χ0) is 26.9. The van der Waals surface area contributed by atoms with Crippen molar-refractivity contribution < 1.29 is 23.4 Å². The monoisotopic (exact) mass is 505 g/mol. The van der Waals surface area contributed by atoms with Crippen LogP contribution < -0.4 is 10.1 Å². The Bertz CT molecular complexity index is 1480. The van der Waals surface area contributed by atoms with E-state index in [1.165, 1.54) is 31.2 Å². The first-order chi connectivity index (χ1) is 17.6. The quantitative estimate of drug-likeness (QED) is 0.249. The minimum Gasteiger partial charge on any atom is -0.507 e. The summed E-state index contributed by atoms with van der Waals surface area (Å²) in [7, 11) is 1.54. The zero-order valence-electron chi connectivity index (χ0n) is 21.4. The number of phenols is 1. The van der Waals surface area contributed by atoms with Crippen molar-refractivity contribution in [1.82, 2.24) is 9.97 Å². The van der Waals surface area contributed by atoms with Crippen molar-refractivity contribution in [1.29, 1.82) is 0 Å². The SMILES string of the molecule is CCC(F)(F)c1cccc(NC(=O)c2nc(-c3c(O)cc(OC)c(-c4ccccc4C)c3C)[nH]c2C)c1. The number of amides is 1. The van der Waals surface area contributed by atoms with E-state index in [1.807, 2.05) is 38.1 Å². The van der Waals surface area contributed by atoms with Crippen LogP contribution in [0.2, 0.25) is 0 Å². The summed E-state index contributed by atoms with van der Waals surface area (Å²) in [6.07, 6.45) is -0.346. The van der Waals surface area contributed by atoms with E-state index >= 15 is 0 Å². The second-order valence-electron chi connectivity index (χ2n) is 8.94. The minimum atomic E-state index is -2.99. The number of carbonyl (C=O) groups is 1. The van der Waals surface area contributed by atoms with Gasteiger partial charge in [0.1, 0.15) is 23.0 Å². The Kier molecular flexibility index (Phi) is 7.03. The summed E-state index contributed by atoms with van der Waals surface area (Å²) in [5, 5.41) is 13.5. The van der Waals surface area contributed by atoms with Gasteiger partial charge in [0.25, 0.3) is 11.8 Å². The van der Waals surface area contributed by atoms with E-state index in [0.29, 0.717) is 22.8 Å². The molecule has 0 saturated heterocycles. The smallest absolute Gasteiger partial charge is 0.276 e. The molecule has 0 spiro atoms. The van der Waals surface area contributed by atoms with E-state index in [-0.39, 0.29) is 29.1 Å². The predicted molar refractivity (Wildman–Crippen MR) is 140 cm³/mol. The molecule has 8 heteroatoms. The van der Waals surface area contributed by atoms with E-state index in [9.17, 15) is 18.7 Å². The van der Waals surface area contributed by atoms with E-state index in [4.69, 9.17) is 4.74 Å². The van der Waals surface area contributed by atoms with Gasteiger partial charge < -0.3 is 20.1 Å². The molecule has 37 heavy (non-hydrogen) atoms. The number of aromatic hydroxyl groups is 1. The number of methoxy groups -OCH3 is 1. The summed E-state index contributed by atoms with van der Waals surface area (Å²) in [5.74, 6) is -2.78. The molecule has 0 radical (unpaired) electrons. The number of H-pyrrole nitrogens is 1. The van der Waals surface area contributed by atoms with Gasteiger partial charge in [0.05, 0.1) is 12.7 Å². The number of aromatic nitrogens is 2. The molecular weight excluding hydrogens is 476 g/mol. The van der Waals surface area contributed by atoms with Crippen molar-refractivity contribution in [2.45, 2.75) is 40.0 Å². The van der Waals surface area contributed by atoms with Crippen LogP contribution in [0.25, 0.3) is 22.5 Å². The first-order valence-corrected chi connectivity index (χ1v) is 11.9. The molecule has 0 bridgehead atoms. The van der Waals surface area contributed by atoms with Gasteiger partial charge in [-0.05, 0) is 49.6 Å². The average Bonchev–Trinajstić information content (AvgIpc) is 3.25. The molecule has 0 fully saturated rings. The Labute approximate surface area is 214 Å². The minimum absolute atomic E-state index is 0.0538. The summed E-state index contributed by atoms with van der Waals surface area (Å²) in [6.45, 7) is 6.94. The van der Waals surface area contributed by atoms with Gasteiger partial charge in [0.2, 0.25) is 0 Å². The molecule has 0 saturated carbocycles. The van der Waals surface area contributed by atoms with Crippen LogP contribution in [0, 0.1) is 20.8 Å². The van der Waals surface area contributed by atoms with Gasteiger partial charge in [-0.15, -0.1) is 0 Å². The number of nitrogens with zero attached hydrogens (tertiary/aromatic N) is 1. The first kappa shape index (κ1) is 25.9. The van der Waals surface area contributed by atoms with E-state index in [1.54, 1.807) is 20.1 Å². The number of hydrogen-bond acceptors (Lipinski definition) is 4. The van der Waals surface area contributed by atoms with Crippen LogP contribution in [0.15, 0.2) is 54.6 Å². The predicted octanol–water partition coefficient (Wildman–Crippen LogP) is 7.14. The van der Waals surface area contributed by atoms with Gasteiger partial charge in [0.15, 0.2) is 0 Å². The molecule has 3 aromatic carbocycles. The van der Waals surface area contributed by atoms with Crippen molar-refractivity contribution in [3.63, 3.8) is 0 Å². The Balaban J connectivity index is 1.73. The Morgan fingerprint density at radius 1 is 1.08 bits per heavy atom. The molecule has 4 rings (SSSR count). The molecule has 0 aliphatic rings. The number of anilines is 1. The van der Waals surface area contributed by atoms with Crippen LogP contribution in [0.5, 0.6) is 11.5 Å². The lowest BCUT2D eigenvalue weighted by molar-refractivity contribution is -0.00824. The number of imidazole rings is 1. The van der Waals surface area contributed by atoms with Crippen molar-refractivity contribution in [3.8, 4) is 34.0 Å². The number of phenolic OH excluding ortho intramolecular Hbond substituents is 1. The van der Waals surface area contributed by atoms with E-state index < -0.39 is 11.8 Å². The number of rotatable bonds is 7. The van der Waals surface area contributed by atoms with Gasteiger partial charge in [-0.2, -0.15) is 0 Å². The van der Waals surface area contributed by atoms with Gasteiger partial charge >= 0.3 is 0 Å². The molecule has 1 aromatic heterocycles. The molecule has 1 amide bonds. The van der Waals surface area contributed by atoms with Crippen LogP contribution in [0.4, 0.5) is 14.5 Å². The summed E-state index contributed by atoms with van der Waals surface area (Å²) in [6, 6.07) is 15.0. The summed E-state index contributed by atoms with van der Waals surface area (Å²) < 4.78 is 33.8. The molecule has 0 aliphatic carbocycles. The fraction of sp³-hybridized carbons (Fsp3) is 0.241. The molecular formula is C29H29F2N3O3. The highest BCUT2D eigenvalue weighted by atomic mass is 19.3. The lowest BCUT2D eigenvalue weighted by Gasteiger charge is -2.18. The zero-order valence-corrected chi connectivity index (χ0v) is 21.4. The molecule has 4 aromatic rings. The summed E-state index contributed by atoms with van der Waals surface area (Å²) in [4.78, 5) is 20.6. The van der Waals surface area contributed by atoms with Crippen molar-refractivity contribution in [2.75, 3.05) is 12.4 Å². The van der Waals surface area contributed by atoms with Gasteiger partial charge in [-0.1, -0.05) is 43.3 Å². The third-order valence-electron chi connectivity index (χ3n) is 6.48. The van der Waals surface area contributed by atoms with Crippen molar-refractivity contribution in [3.05, 3.63) is 82.7 Å². The lowest BCUT2D eigenvalue weighted by atomic mass is 9.92. The number of ether oxygens (including phenoxy) is 1. The maximum atomic E-state index is 14.1. The number of aromatic amines is 1. The Hall–Kier alpha value is -4.20. The number of nitrogens with one attached hydrogen (secondary N) is 2. The van der Waals surface area contributed by atoms with E-state index in [0.717, 1.165) is 22.3 Å². The third-order valence-corrected chi connectivity index (χ3v) is 6.48. The van der Waals surface area contributed by atoms with Crippen LogP contribution in [-0.2, 0) is 5.92 Å². The fourth-order valence-corrected chi connectivity index (χ4v) is 4.44. The number of benzene rings is 3. The van der Waals surface area contributed by atoms with Gasteiger partial charge in [-0.3, -0.25) is 4.79 Å². The molecule has 0 atom stereocenters. The van der Waals surface area contributed by atoms with E-state index in [2.05, 4.69) is 15.3 Å². The largest absolute Gasteiger partial charge is 0.507 e. The average molecular weight is 506 g/mol. The Morgan fingerprint density at radius 2 is 1.81 bits per heavy atom. The molecule has 0 aliphatic heterocycles. The fourth-order valence-electron chi connectivity index (χ4n) is 4.44. The lowest BCUT2D eigenvalue weighted by Crippen LogP contribution is -2.16. The number of alkyl halides is 2. The molecule has 192 valence electrons. The second kappa shape index (κ2) is 10.0. The highest BCUT2D eigenvalue weighted by Gasteiger charge is 2.29. The normalized spacial score (nSPS) is 11.4.